The van der Waals surface area contributed by atoms with Crippen molar-refractivity contribution in [2.45, 2.75) is 13.3 Å². The Labute approximate surface area is 81.5 Å². The number of oxazole rings is 1. The molecule has 14 heavy (non-hydrogen) atoms. The van der Waals surface area contributed by atoms with Crippen molar-refractivity contribution < 1.29 is 4.42 Å². The van der Waals surface area contributed by atoms with Crippen molar-refractivity contribution in [2.75, 3.05) is 5.73 Å². The van der Waals surface area contributed by atoms with Gasteiger partial charge in [0, 0.05) is 7.05 Å². The zero-order chi connectivity index (χ0) is 10.1. The third-order valence-electron chi connectivity index (χ3n) is 2.13. The molecule has 0 atom stereocenters. The SMILES string of the molecule is CCc1nn(C)c(-c2ncco2)c1N. The first-order valence-corrected chi connectivity index (χ1v) is 4.45. The molecule has 0 aliphatic rings. The minimum absolute atomic E-state index is 0.511. The third-order valence-corrected chi connectivity index (χ3v) is 2.13. The van der Waals surface area contributed by atoms with E-state index >= 15 is 0 Å². The van der Waals surface area contributed by atoms with Gasteiger partial charge < -0.3 is 10.2 Å². The molecule has 0 amide bonds. The molecule has 0 fully saturated rings. The summed E-state index contributed by atoms with van der Waals surface area (Å²) in [4.78, 5) is 4.05. The second-order valence-electron chi connectivity index (χ2n) is 3.02. The Kier molecular flexibility index (Phi) is 1.99. The van der Waals surface area contributed by atoms with Gasteiger partial charge in [0.25, 0.3) is 0 Å². The summed E-state index contributed by atoms with van der Waals surface area (Å²) in [6.45, 7) is 2.01. The molecular formula is C9H12N4O. The molecule has 0 aromatic carbocycles. The lowest BCUT2D eigenvalue weighted by molar-refractivity contribution is 0.565. The Balaban J connectivity index is 2.58. The average Bonchev–Trinajstić information content (AvgIpc) is 2.74. The number of rotatable bonds is 2. The standard InChI is InChI=1S/C9H12N4O/c1-3-6-7(10)8(13(2)12-6)9-11-4-5-14-9/h4-5H,3,10H2,1-2H3. The summed E-state index contributed by atoms with van der Waals surface area (Å²) in [7, 11) is 1.83. The molecule has 5 nitrogen and oxygen atoms in total. The van der Waals surface area contributed by atoms with Crippen LogP contribution in [0.5, 0.6) is 0 Å². The molecule has 2 heterocycles. The Hall–Kier alpha value is -1.78. The predicted molar refractivity (Wildman–Crippen MR) is 52.5 cm³/mol. The van der Waals surface area contributed by atoms with Crippen molar-refractivity contribution in [3.8, 4) is 11.6 Å². The van der Waals surface area contributed by atoms with Gasteiger partial charge in [-0.1, -0.05) is 6.92 Å². The van der Waals surface area contributed by atoms with Crippen LogP contribution in [0.2, 0.25) is 0 Å². The molecule has 2 rings (SSSR count). The van der Waals surface area contributed by atoms with Gasteiger partial charge in [0.05, 0.1) is 17.6 Å². The lowest BCUT2D eigenvalue weighted by Gasteiger charge is -1.96. The van der Waals surface area contributed by atoms with Crippen LogP contribution in [0.3, 0.4) is 0 Å². The van der Waals surface area contributed by atoms with Gasteiger partial charge in [-0.25, -0.2) is 4.98 Å². The van der Waals surface area contributed by atoms with E-state index in [1.807, 2.05) is 14.0 Å². The number of anilines is 1. The van der Waals surface area contributed by atoms with Crippen LogP contribution in [0, 0.1) is 0 Å². The summed E-state index contributed by atoms with van der Waals surface area (Å²) in [6.07, 6.45) is 3.92. The van der Waals surface area contributed by atoms with Gasteiger partial charge in [-0.05, 0) is 6.42 Å². The van der Waals surface area contributed by atoms with E-state index in [4.69, 9.17) is 10.2 Å². The van der Waals surface area contributed by atoms with E-state index in [0.717, 1.165) is 17.8 Å². The first kappa shape index (κ1) is 8.80. The molecular weight excluding hydrogens is 180 g/mol. The van der Waals surface area contributed by atoms with E-state index in [9.17, 15) is 0 Å². The zero-order valence-corrected chi connectivity index (χ0v) is 8.19. The topological polar surface area (TPSA) is 69.9 Å². The van der Waals surface area contributed by atoms with Gasteiger partial charge in [0.15, 0.2) is 0 Å². The lowest BCUT2D eigenvalue weighted by Crippen LogP contribution is -1.95. The quantitative estimate of drug-likeness (QED) is 0.776. The minimum Gasteiger partial charge on any atom is -0.443 e. The summed E-state index contributed by atoms with van der Waals surface area (Å²) in [6, 6.07) is 0. The van der Waals surface area contributed by atoms with E-state index in [-0.39, 0.29) is 0 Å². The Morgan fingerprint density at radius 1 is 1.57 bits per heavy atom. The lowest BCUT2D eigenvalue weighted by atomic mass is 10.2. The Morgan fingerprint density at radius 2 is 2.36 bits per heavy atom. The van der Waals surface area contributed by atoms with E-state index < -0.39 is 0 Å². The molecule has 5 heteroatoms. The van der Waals surface area contributed by atoms with Crippen molar-refractivity contribution in [3.63, 3.8) is 0 Å². The molecule has 0 spiro atoms. The maximum atomic E-state index is 5.92. The summed E-state index contributed by atoms with van der Waals surface area (Å²) >= 11 is 0. The zero-order valence-electron chi connectivity index (χ0n) is 8.19. The summed E-state index contributed by atoms with van der Waals surface area (Å²) in [5.74, 6) is 0.511. The van der Waals surface area contributed by atoms with Crippen molar-refractivity contribution in [2.24, 2.45) is 7.05 Å². The molecule has 0 saturated carbocycles. The number of nitrogen functional groups attached to an aromatic ring is 1. The highest BCUT2D eigenvalue weighted by Crippen LogP contribution is 2.26. The fraction of sp³-hybridized carbons (Fsp3) is 0.333. The summed E-state index contributed by atoms with van der Waals surface area (Å²) in [5, 5.41) is 4.28. The highest BCUT2D eigenvalue weighted by molar-refractivity contribution is 5.68. The van der Waals surface area contributed by atoms with Gasteiger partial charge in [0.2, 0.25) is 5.89 Å². The minimum atomic E-state index is 0.511. The molecule has 0 bridgehead atoms. The maximum Gasteiger partial charge on any atom is 0.246 e. The van der Waals surface area contributed by atoms with Gasteiger partial charge in [-0.15, -0.1) is 0 Å². The largest absolute Gasteiger partial charge is 0.443 e. The third kappa shape index (κ3) is 1.17. The van der Waals surface area contributed by atoms with Gasteiger partial charge in [-0.3, -0.25) is 4.68 Å². The molecule has 2 N–H and O–H groups in total. The van der Waals surface area contributed by atoms with Gasteiger partial charge in [0.1, 0.15) is 12.0 Å². The van der Waals surface area contributed by atoms with Crippen molar-refractivity contribution in [1.82, 2.24) is 14.8 Å². The monoisotopic (exact) mass is 192 g/mol. The molecule has 0 aliphatic heterocycles. The number of nitrogens with zero attached hydrogens (tertiary/aromatic N) is 3. The molecule has 74 valence electrons. The molecule has 0 radical (unpaired) electrons. The first-order valence-electron chi connectivity index (χ1n) is 4.45. The fourth-order valence-electron chi connectivity index (χ4n) is 1.45. The Morgan fingerprint density at radius 3 is 2.86 bits per heavy atom. The predicted octanol–water partition coefficient (Wildman–Crippen LogP) is 1.22. The fourth-order valence-corrected chi connectivity index (χ4v) is 1.45. The first-order chi connectivity index (χ1) is 6.74. The normalized spacial score (nSPS) is 10.7. The second-order valence-corrected chi connectivity index (χ2v) is 3.02. The molecule has 2 aromatic heterocycles. The van der Waals surface area contributed by atoms with E-state index in [0.29, 0.717) is 11.6 Å². The van der Waals surface area contributed by atoms with E-state index in [1.54, 1.807) is 10.9 Å². The molecule has 0 unspecified atom stereocenters. The second kappa shape index (κ2) is 3.17. The highest BCUT2D eigenvalue weighted by atomic mass is 16.3. The van der Waals surface area contributed by atoms with Crippen molar-refractivity contribution in [1.29, 1.82) is 0 Å². The number of aromatic nitrogens is 3. The smallest absolute Gasteiger partial charge is 0.246 e. The van der Waals surface area contributed by atoms with Crippen LogP contribution in [0.4, 0.5) is 5.69 Å². The number of nitrogens with two attached hydrogens (primary N) is 1. The van der Waals surface area contributed by atoms with E-state index in [2.05, 4.69) is 10.1 Å². The van der Waals surface area contributed by atoms with Crippen LogP contribution in [0.25, 0.3) is 11.6 Å². The molecule has 2 aromatic rings. The number of aryl methyl sites for hydroxylation is 2. The summed E-state index contributed by atoms with van der Waals surface area (Å²) in [5.41, 5.74) is 8.19. The number of hydrogen-bond donors (Lipinski definition) is 1. The van der Waals surface area contributed by atoms with Crippen LogP contribution < -0.4 is 5.73 Å². The van der Waals surface area contributed by atoms with Crippen LogP contribution >= 0.6 is 0 Å². The maximum absolute atomic E-state index is 5.92. The van der Waals surface area contributed by atoms with Gasteiger partial charge in [-0.2, -0.15) is 5.10 Å². The highest BCUT2D eigenvalue weighted by Gasteiger charge is 2.16. The number of hydrogen-bond acceptors (Lipinski definition) is 4. The summed E-state index contributed by atoms with van der Waals surface area (Å²) < 4.78 is 6.88. The van der Waals surface area contributed by atoms with Crippen molar-refractivity contribution >= 4 is 5.69 Å². The Bertz CT molecular complexity index is 430. The van der Waals surface area contributed by atoms with E-state index in [1.165, 1.54) is 6.26 Å². The van der Waals surface area contributed by atoms with Crippen LogP contribution in [0.15, 0.2) is 16.9 Å². The van der Waals surface area contributed by atoms with Crippen LogP contribution in [0.1, 0.15) is 12.6 Å². The van der Waals surface area contributed by atoms with Crippen molar-refractivity contribution in [3.05, 3.63) is 18.2 Å². The van der Waals surface area contributed by atoms with Crippen LogP contribution in [-0.4, -0.2) is 14.8 Å². The molecule has 0 aliphatic carbocycles. The van der Waals surface area contributed by atoms with Gasteiger partial charge >= 0.3 is 0 Å². The molecule has 0 saturated heterocycles. The average molecular weight is 192 g/mol. The van der Waals surface area contributed by atoms with Crippen LogP contribution in [-0.2, 0) is 13.5 Å².